The van der Waals surface area contributed by atoms with Crippen LogP contribution in [0, 0.1) is 5.92 Å². The first-order chi connectivity index (χ1) is 9.79. The summed E-state index contributed by atoms with van der Waals surface area (Å²) in [6, 6.07) is 7.62. The summed E-state index contributed by atoms with van der Waals surface area (Å²) in [6.45, 7) is 6.90. The maximum absolute atomic E-state index is 12.0. The highest BCUT2D eigenvalue weighted by Crippen LogP contribution is 2.11. The van der Waals surface area contributed by atoms with Crippen LogP contribution in [0.25, 0.3) is 0 Å². The van der Waals surface area contributed by atoms with Crippen LogP contribution in [0.15, 0.2) is 24.3 Å². The molecule has 3 N–H and O–H groups in total. The molecule has 0 aromatic heterocycles. The van der Waals surface area contributed by atoms with Crippen molar-refractivity contribution in [1.29, 1.82) is 0 Å². The van der Waals surface area contributed by atoms with Gasteiger partial charge < -0.3 is 11.1 Å². The van der Waals surface area contributed by atoms with Crippen LogP contribution in [-0.2, 0) is 4.79 Å². The normalized spacial score (nSPS) is 12.5. The van der Waals surface area contributed by atoms with E-state index in [1.165, 1.54) is 0 Å². The van der Waals surface area contributed by atoms with Crippen LogP contribution < -0.4 is 11.1 Å². The SMILES string of the molecule is CC(C)CC(C)N(C)CC(=O)Nc1ccc(C(N)=S)cc1. The highest BCUT2D eigenvalue weighted by molar-refractivity contribution is 7.80. The lowest BCUT2D eigenvalue weighted by atomic mass is 10.0. The number of nitrogens with zero attached hydrogens (tertiary/aromatic N) is 1. The van der Waals surface area contributed by atoms with Gasteiger partial charge in [-0.25, -0.2) is 0 Å². The molecule has 1 atom stereocenters. The Morgan fingerprint density at radius 2 is 1.86 bits per heavy atom. The lowest BCUT2D eigenvalue weighted by Gasteiger charge is -2.25. The second-order valence-electron chi connectivity index (χ2n) is 5.88. The van der Waals surface area contributed by atoms with Crippen molar-refractivity contribution < 1.29 is 4.79 Å². The molecule has 0 saturated carbocycles. The molecule has 4 nitrogen and oxygen atoms in total. The third-order valence-corrected chi connectivity index (χ3v) is 3.65. The van der Waals surface area contributed by atoms with E-state index >= 15 is 0 Å². The van der Waals surface area contributed by atoms with Gasteiger partial charge in [-0.05, 0) is 50.6 Å². The zero-order valence-electron chi connectivity index (χ0n) is 13.2. The number of thiocarbonyl (C=S) groups is 1. The number of anilines is 1. The number of carbonyl (C=O) groups is 1. The van der Waals surface area contributed by atoms with E-state index in [0.29, 0.717) is 23.5 Å². The van der Waals surface area contributed by atoms with Gasteiger partial charge in [-0.2, -0.15) is 0 Å². The van der Waals surface area contributed by atoms with Crippen molar-refractivity contribution in [3.8, 4) is 0 Å². The van der Waals surface area contributed by atoms with Crippen molar-refractivity contribution in [2.24, 2.45) is 11.7 Å². The van der Waals surface area contributed by atoms with Crippen molar-refractivity contribution in [3.05, 3.63) is 29.8 Å². The Balaban J connectivity index is 2.51. The van der Waals surface area contributed by atoms with Gasteiger partial charge in [0, 0.05) is 17.3 Å². The number of likely N-dealkylation sites (N-methyl/N-ethyl adjacent to an activating group) is 1. The third-order valence-electron chi connectivity index (χ3n) is 3.41. The average Bonchev–Trinajstić information content (AvgIpc) is 2.38. The molecular weight excluding hydrogens is 282 g/mol. The molecule has 0 radical (unpaired) electrons. The molecule has 0 aliphatic rings. The van der Waals surface area contributed by atoms with Gasteiger partial charge in [0.25, 0.3) is 0 Å². The predicted molar refractivity (Wildman–Crippen MR) is 92.5 cm³/mol. The van der Waals surface area contributed by atoms with Gasteiger partial charge in [-0.3, -0.25) is 9.69 Å². The largest absolute Gasteiger partial charge is 0.389 e. The van der Waals surface area contributed by atoms with E-state index in [9.17, 15) is 4.79 Å². The Labute approximate surface area is 132 Å². The molecule has 1 rings (SSSR count). The minimum absolute atomic E-state index is 0.0174. The maximum atomic E-state index is 12.0. The summed E-state index contributed by atoms with van der Waals surface area (Å²) in [5.41, 5.74) is 7.09. The first-order valence-corrected chi connectivity index (χ1v) is 7.60. The summed E-state index contributed by atoms with van der Waals surface area (Å²) in [6.07, 6.45) is 1.08. The Kier molecular flexibility index (Phi) is 6.78. The molecule has 0 aliphatic heterocycles. The molecule has 1 aromatic carbocycles. The fraction of sp³-hybridized carbons (Fsp3) is 0.500. The van der Waals surface area contributed by atoms with Crippen LogP contribution in [0.5, 0.6) is 0 Å². The molecule has 0 heterocycles. The van der Waals surface area contributed by atoms with Crippen LogP contribution in [0.2, 0.25) is 0 Å². The molecule has 5 heteroatoms. The molecule has 116 valence electrons. The lowest BCUT2D eigenvalue weighted by Crippen LogP contribution is -2.37. The van der Waals surface area contributed by atoms with E-state index in [2.05, 4.69) is 31.0 Å². The van der Waals surface area contributed by atoms with E-state index in [-0.39, 0.29) is 5.91 Å². The zero-order valence-corrected chi connectivity index (χ0v) is 14.0. The number of nitrogens with one attached hydrogen (secondary N) is 1. The topological polar surface area (TPSA) is 58.4 Å². The summed E-state index contributed by atoms with van der Waals surface area (Å²) >= 11 is 4.90. The van der Waals surface area contributed by atoms with Gasteiger partial charge >= 0.3 is 0 Å². The highest BCUT2D eigenvalue weighted by atomic mass is 32.1. The Morgan fingerprint density at radius 3 is 2.33 bits per heavy atom. The first-order valence-electron chi connectivity index (χ1n) is 7.19. The van der Waals surface area contributed by atoms with Crippen LogP contribution in [0.3, 0.4) is 0 Å². The lowest BCUT2D eigenvalue weighted by molar-refractivity contribution is -0.117. The standard InChI is InChI=1S/C16H25N3OS/c1-11(2)9-12(3)19(4)10-15(20)18-14-7-5-13(6-8-14)16(17)21/h5-8,11-12H,9-10H2,1-4H3,(H2,17,21)(H,18,20). The van der Waals surface area contributed by atoms with Gasteiger partial charge in [0.15, 0.2) is 0 Å². The molecule has 1 unspecified atom stereocenters. The molecular formula is C16H25N3OS. The Hall–Kier alpha value is -1.46. The molecule has 0 spiro atoms. The Morgan fingerprint density at radius 1 is 1.29 bits per heavy atom. The second-order valence-corrected chi connectivity index (χ2v) is 6.32. The van der Waals surface area contributed by atoms with Crippen molar-refractivity contribution in [2.45, 2.75) is 33.2 Å². The van der Waals surface area contributed by atoms with E-state index in [0.717, 1.165) is 17.7 Å². The summed E-state index contributed by atoms with van der Waals surface area (Å²) in [4.78, 5) is 14.5. The molecule has 0 saturated heterocycles. The van der Waals surface area contributed by atoms with Crippen LogP contribution in [0.1, 0.15) is 32.8 Å². The van der Waals surface area contributed by atoms with Crippen LogP contribution in [-0.4, -0.2) is 35.4 Å². The molecule has 1 aromatic rings. The predicted octanol–water partition coefficient (Wildman–Crippen LogP) is 2.63. The maximum Gasteiger partial charge on any atom is 0.238 e. The molecule has 1 amide bonds. The van der Waals surface area contributed by atoms with Crippen LogP contribution in [0.4, 0.5) is 5.69 Å². The van der Waals surface area contributed by atoms with E-state index < -0.39 is 0 Å². The average molecular weight is 307 g/mol. The minimum atomic E-state index is -0.0174. The zero-order chi connectivity index (χ0) is 16.0. The smallest absolute Gasteiger partial charge is 0.238 e. The monoisotopic (exact) mass is 307 g/mol. The number of hydrogen-bond donors (Lipinski definition) is 2. The molecule has 0 fully saturated rings. The third kappa shape index (κ3) is 6.23. The van der Waals surface area contributed by atoms with E-state index in [4.69, 9.17) is 18.0 Å². The first kappa shape index (κ1) is 17.6. The van der Waals surface area contributed by atoms with Crippen molar-refractivity contribution in [2.75, 3.05) is 18.9 Å². The van der Waals surface area contributed by atoms with Crippen LogP contribution >= 0.6 is 12.2 Å². The Bertz CT molecular complexity index is 485. The molecule has 0 bridgehead atoms. The molecule has 21 heavy (non-hydrogen) atoms. The number of rotatable bonds is 7. The van der Waals surface area contributed by atoms with Gasteiger partial charge in [0.05, 0.1) is 6.54 Å². The van der Waals surface area contributed by atoms with Gasteiger partial charge in [-0.1, -0.05) is 26.1 Å². The minimum Gasteiger partial charge on any atom is -0.389 e. The number of hydrogen-bond acceptors (Lipinski definition) is 3. The van der Waals surface area contributed by atoms with Crippen molar-refractivity contribution >= 4 is 28.8 Å². The summed E-state index contributed by atoms with van der Waals surface area (Å²) < 4.78 is 0. The highest BCUT2D eigenvalue weighted by Gasteiger charge is 2.14. The number of amides is 1. The molecule has 0 aliphatic carbocycles. The summed E-state index contributed by atoms with van der Waals surface area (Å²) in [5.74, 6) is 0.606. The van der Waals surface area contributed by atoms with Gasteiger partial charge in [0.1, 0.15) is 4.99 Å². The number of benzene rings is 1. The quantitative estimate of drug-likeness (QED) is 0.760. The van der Waals surface area contributed by atoms with Crippen molar-refractivity contribution in [1.82, 2.24) is 4.90 Å². The second kappa shape index (κ2) is 8.10. The van der Waals surface area contributed by atoms with E-state index in [1.54, 1.807) is 0 Å². The summed E-state index contributed by atoms with van der Waals surface area (Å²) in [7, 11) is 1.97. The van der Waals surface area contributed by atoms with Crippen molar-refractivity contribution in [3.63, 3.8) is 0 Å². The fourth-order valence-corrected chi connectivity index (χ4v) is 2.30. The number of carbonyl (C=O) groups excluding carboxylic acids is 1. The number of nitrogens with two attached hydrogens (primary N) is 1. The summed E-state index contributed by atoms with van der Waals surface area (Å²) in [5, 5.41) is 2.88. The van der Waals surface area contributed by atoms with E-state index in [1.807, 2.05) is 31.3 Å². The fourth-order valence-electron chi connectivity index (χ4n) is 2.16. The van der Waals surface area contributed by atoms with Gasteiger partial charge in [-0.15, -0.1) is 0 Å². The van der Waals surface area contributed by atoms with Gasteiger partial charge in [0.2, 0.25) is 5.91 Å².